The van der Waals surface area contributed by atoms with Gasteiger partial charge < -0.3 is 4.74 Å². The molecule has 0 unspecified atom stereocenters. The van der Waals surface area contributed by atoms with E-state index in [0.717, 1.165) is 36.0 Å². The summed E-state index contributed by atoms with van der Waals surface area (Å²) in [5.41, 5.74) is 2.74. The van der Waals surface area contributed by atoms with Crippen LogP contribution in [0.1, 0.15) is 49.7 Å². The summed E-state index contributed by atoms with van der Waals surface area (Å²) < 4.78 is 5.06. The van der Waals surface area contributed by atoms with E-state index in [-0.39, 0.29) is 24.0 Å². The number of hydrogen-bond donors (Lipinski definition) is 0. The molecule has 1 fully saturated rings. The first kappa shape index (κ1) is 20.2. The highest BCUT2D eigenvalue weighted by molar-refractivity contribution is 5.93. The number of nitrogens with zero attached hydrogens (tertiary/aromatic N) is 3. The number of ether oxygens (including phenoxy) is 1. The lowest BCUT2D eigenvalue weighted by atomic mass is 9.68. The van der Waals surface area contributed by atoms with E-state index < -0.39 is 11.9 Å². The van der Waals surface area contributed by atoms with Gasteiger partial charge in [-0.25, -0.2) is 4.79 Å². The molecule has 0 radical (unpaired) electrons. The maximum Gasteiger partial charge on any atom is 0.348 e. The predicted molar refractivity (Wildman–Crippen MR) is 99.9 cm³/mol. The van der Waals surface area contributed by atoms with E-state index in [9.17, 15) is 20.6 Å². The van der Waals surface area contributed by atoms with E-state index >= 15 is 0 Å². The lowest BCUT2D eigenvalue weighted by molar-refractivity contribution is -0.138. The molecule has 0 heterocycles. The molecule has 0 bridgehead atoms. The van der Waals surface area contributed by atoms with Gasteiger partial charge in [0.25, 0.3) is 0 Å². The maximum absolute atomic E-state index is 12.3. The van der Waals surface area contributed by atoms with E-state index in [2.05, 4.69) is 12.1 Å². The smallest absolute Gasteiger partial charge is 0.348 e. The van der Waals surface area contributed by atoms with E-state index in [1.165, 1.54) is 0 Å². The van der Waals surface area contributed by atoms with Crippen LogP contribution in [0.25, 0.3) is 0 Å². The molecule has 0 saturated heterocycles. The molecule has 1 aliphatic rings. The first-order valence-electron chi connectivity index (χ1n) is 9.23. The second-order valence-corrected chi connectivity index (χ2v) is 6.76. The highest BCUT2D eigenvalue weighted by Crippen LogP contribution is 2.44. The third kappa shape index (κ3) is 4.55. The number of carbonyl (C=O) groups excluding carboxylic acids is 1. The molecule has 1 saturated carbocycles. The Morgan fingerprint density at radius 2 is 1.85 bits per heavy atom. The Bertz CT molecular complexity index is 820. The van der Waals surface area contributed by atoms with Gasteiger partial charge in [0.1, 0.15) is 17.6 Å². The lowest BCUT2D eigenvalue weighted by Crippen LogP contribution is -2.26. The van der Waals surface area contributed by atoms with Crippen LogP contribution < -0.4 is 0 Å². The molecule has 0 N–H and O–H groups in total. The molecule has 5 nitrogen and oxygen atoms in total. The second kappa shape index (κ2) is 9.56. The van der Waals surface area contributed by atoms with Crippen molar-refractivity contribution in [2.75, 3.05) is 6.61 Å². The van der Waals surface area contributed by atoms with Crippen LogP contribution >= 0.6 is 0 Å². The quantitative estimate of drug-likeness (QED) is 0.442. The van der Waals surface area contributed by atoms with Crippen LogP contribution in [0, 0.1) is 52.8 Å². The number of benzene rings is 1. The third-order valence-corrected chi connectivity index (χ3v) is 5.10. The monoisotopic (exact) mass is 361 g/mol. The topological polar surface area (TPSA) is 97.7 Å². The molecule has 5 heteroatoms. The Hall–Kier alpha value is -3.10. The summed E-state index contributed by atoms with van der Waals surface area (Å²) in [5.74, 6) is -2.05. The summed E-state index contributed by atoms with van der Waals surface area (Å²) in [7, 11) is 0. The largest absolute Gasteiger partial charge is 0.462 e. The molecule has 2 atom stereocenters. The van der Waals surface area contributed by atoms with Gasteiger partial charge in [-0.2, -0.15) is 15.8 Å². The fourth-order valence-electron chi connectivity index (χ4n) is 3.83. The molecule has 138 valence electrons. The summed E-state index contributed by atoms with van der Waals surface area (Å²) in [6.45, 7) is 3.88. The average Bonchev–Trinajstić information content (AvgIpc) is 2.68. The van der Waals surface area contributed by atoms with Gasteiger partial charge >= 0.3 is 5.97 Å². The number of hydrogen-bond acceptors (Lipinski definition) is 5. The summed E-state index contributed by atoms with van der Waals surface area (Å²) in [6, 6.07) is 14.0. The van der Waals surface area contributed by atoms with Gasteiger partial charge in [0, 0.05) is 5.92 Å². The zero-order valence-corrected chi connectivity index (χ0v) is 15.7. The summed E-state index contributed by atoms with van der Waals surface area (Å²) >= 11 is 0. The molecule has 1 aromatic carbocycles. The second-order valence-electron chi connectivity index (χ2n) is 6.76. The van der Waals surface area contributed by atoms with Crippen LogP contribution in [0.2, 0.25) is 0 Å². The van der Waals surface area contributed by atoms with Crippen LogP contribution in [-0.4, -0.2) is 12.6 Å². The Morgan fingerprint density at radius 1 is 1.19 bits per heavy atom. The van der Waals surface area contributed by atoms with Gasteiger partial charge in [0.15, 0.2) is 0 Å². The van der Waals surface area contributed by atoms with Crippen molar-refractivity contribution in [3.05, 3.63) is 46.5 Å². The Balaban J connectivity index is 2.59. The third-order valence-electron chi connectivity index (χ3n) is 5.10. The number of aryl methyl sites for hydroxylation is 1. The van der Waals surface area contributed by atoms with Gasteiger partial charge in [0.05, 0.1) is 18.7 Å². The lowest BCUT2D eigenvalue weighted by Gasteiger charge is -2.34. The van der Waals surface area contributed by atoms with E-state index in [4.69, 9.17) is 4.74 Å². The average molecular weight is 361 g/mol. The summed E-state index contributed by atoms with van der Waals surface area (Å²) in [4.78, 5) is 12.3. The molecule has 0 amide bonds. The van der Waals surface area contributed by atoms with E-state index in [0.29, 0.717) is 6.42 Å². The first-order chi connectivity index (χ1) is 13.1. The van der Waals surface area contributed by atoms with Crippen LogP contribution in [0.4, 0.5) is 0 Å². The normalized spacial score (nSPS) is 19.3. The van der Waals surface area contributed by atoms with Gasteiger partial charge in [-0.3, -0.25) is 0 Å². The summed E-state index contributed by atoms with van der Waals surface area (Å²) in [5, 5.41) is 28.7. The minimum atomic E-state index is -0.854. The highest BCUT2D eigenvalue weighted by atomic mass is 16.5. The minimum absolute atomic E-state index is 0.0355. The van der Waals surface area contributed by atoms with Crippen molar-refractivity contribution < 1.29 is 9.53 Å². The van der Waals surface area contributed by atoms with Crippen molar-refractivity contribution in [3.8, 4) is 18.2 Å². The predicted octanol–water partition coefficient (Wildman–Crippen LogP) is 4.32. The van der Waals surface area contributed by atoms with Crippen molar-refractivity contribution >= 4 is 5.97 Å². The number of nitriles is 3. The molecule has 0 aliphatic heterocycles. The standard InChI is InChI=1S/C22H23N3O2/c1-3-27-22(26)20(14-25)18-6-4-5-7-19(18)21(17(12-23)13-24)16-10-8-15(2)9-11-16/h8-11,17,19,21H,3-7H2,1-2H3/b20-18-/t19-,21-/m1/s1. The molecule has 0 aromatic heterocycles. The minimum Gasteiger partial charge on any atom is -0.462 e. The number of rotatable bonds is 5. The summed E-state index contributed by atoms with van der Waals surface area (Å²) in [6.07, 6.45) is 3.15. The first-order valence-corrected chi connectivity index (χ1v) is 9.23. The van der Waals surface area contributed by atoms with Crippen LogP contribution in [-0.2, 0) is 9.53 Å². The van der Waals surface area contributed by atoms with Crippen molar-refractivity contribution in [1.82, 2.24) is 0 Å². The molecular weight excluding hydrogens is 338 g/mol. The number of carbonyl (C=O) groups is 1. The van der Waals surface area contributed by atoms with Gasteiger partial charge in [-0.1, -0.05) is 36.2 Å². The van der Waals surface area contributed by atoms with Gasteiger partial charge in [-0.05, 0) is 50.2 Å². The fourth-order valence-corrected chi connectivity index (χ4v) is 3.83. The van der Waals surface area contributed by atoms with Crippen molar-refractivity contribution in [2.45, 2.75) is 45.4 Å². The highest BCUT2D eigenvalue weighted by Gasteiger charge is 2.37. The van der Waals surface area contributed by atoms with Crippen molar-refractivity contribution in [1.29, 1.82) is 15.8 Å². The molecule has 1 aromatic rings. The molecule has 2 rings (SSSR count). The maximum atomic E-state index is 12.3. The molecule has 27 heavy (non-hydrogen) atoms. The van der Waals surface area contributed by atoms with E-state index in [1.807, 2.05) is 37.3 Å². The van der Waals surface area contributed by atoms with Crippen LogP contribution in [0.5, 0.6) is 0 Å². The zero-order valence-electron chi connectivity index (χ0n) is 15.7. The van der Waals surface area contributed by atoms with Crippen LogP contribution in [0.15, 0.2) is 35.4 Å². The molecule has 0 spiro atoms. The Morgan fingerprint density at radius 3 is 2.41 bits per heavy atom. The number of allylic oxidation sites excluding steroid dienone is 1. The number of esters is 1. The van der Waals surface area contributed by atoms with Crippen molar-refractivity contribution in [2.24, 2.45) is 11.8 Å². The zero-order chi connectivity index (χ0) is 19.8. The SMILES string of the molecule is CCOC(=O)/C(C#N)=C1/CCCC[C@H]1[C@H](c1ccc(C)cc1)C(C#N)C#N. The Kier molecular flexibility index (Phi) is 7.16. The van der Waals surface area contributed by atoms with Gasteiger partial charge in [0.2, 0.25) is 0 Å². The van der Waals surface area contributed by atoms with E-state index in [1.54, 1.807) is 6.92 Å². The van der Waals surface area contributed by atoms with Crippen molar-refractivity contribution in [3.63, 3.8) is 0 Å². The van der Waals surface area contributed by atoms with Gasteiger partial charge in [-0.15, -0.1) is 0 Å². The van der Waals surface area contributed by atoms with Crippen LogP contribution in [0.3, 0.4) is 0 Å². The molecule has 1 aliphatic carbocycles. The molecular formula is C22H23N3O2. The fraction of sp³-hybridized carbons (Fsp3) is 0.455. The Labute approximate surface area is 160 Å².